The van der Waals surface area contributed by atoms with Gasteiger partial charge in [0.05, 0.1) is 23.3 Å². The molecule has 1 aliphatic rings. The lowest BCUT2D eigenvalue weighted by Gasteiger charge is -2.29. The lowest BCUT2D eigenvalue weighted by Crippen LogP contribution is -2.41. The van der Waals surface area contributed by atoms with Crippen LogP contribution in [0.5, 0.6) is 5.75 Å². The number of hydrogen-bond acceptors (Lipinski definition) is 4. The molecular formula is C21H25FN2O4S. The van der Waals surface area contributed by atoms with Crippen LogP contribution in [0.2, 0.25) is 0 Å². The Hall–Kier alpha value is -2.45. The van der Waals surface area contributed by atoms with Crippen molar-refractivity contribution in [3.63, 3.8) is 0 Å². The maximum absolute atomic E-state index is 14.3. The molecule has 1 amide bonds. The largest absolute Gasteiger partial charge is 0.495 e. The zero-order chi connectivity index (χ0) is 21.0. The van der Waals surface area contributed by atoms with Crippen molar-refractivity contribution in [2.45, 2.75) is 43.5 Å². The molecule has 156 valence electrons. The maximum Gasteiger partial charge on any atom is 0.258 e. The lowest BCUT2D eigenvalue weighted by molar-refractivity contribution is 0.102. The summed E-state index contributed by atoms with van der Waals surface area (Å²) in [6.45, 7) is 2.02. The third-order valence-electron chi connectivity index (χ3n) is 5.27. The minimum atomic E-state index is -3.87. The van der Waals surface area contributed by atoms with Gasteiger partial charge in [-0.05, 0) is 49.1 Å². The zero-order valence-electron chi connectivity index (χ0n) is 16.4. The lowest BCUT2D eigenvalue weighted by atomic mass is 9.87. The molecular weight excluding hydrogens is 395 g/mol. The smallest absolute Gasteiger partial charge is 0.258 e. The standard InChI is InChI=1S/C21H25FN2O4S/c1-14-7-3-4-8-18(14)24-29(26,27)15-11-12-17(22)16(13-15)21(25)23-19-9-5-6-10-20(19)28-2/h5-6,9-14,18,24H,3-4,7-8H2,1-2H3,(H,23,25)/t14-,18-/m1/s1. The highest BCUT2D eigenvalue weighted by molar-refractivity contribution is 7.89. The first-order valence-corrected chi connectivity index (χ1v) is 11.1. The van der Waals surface area contributed by atoms with Crippen molar-refractivity contribution < 1.29 is 22.3 Å². The molecule has 0 heterocycles. The van der Waals surface area contributed by atoms with E-state index in [0.717, 1.165) is 37.8 Å². The Balaban J connectivity index is 1.84. The number of rotatable bonds is 6. The predicted molar refractivity (Wildman–Crippen MR) is 109 cm³/mol. The second-order valence-corrected chi connectivity index (χ2v) is 9.00. The Morgan fingerprint density at radius 2 is 1.86 bits per heavy atom. The number of sulfonamides is 1. The number of anilines is 1. The van der Waals surface area contributed by atoms with Gasteiger partial charge in [0.25, 0.3) is 5.91 Å². The van der Waals surface area contributed by atoms with Crippen molar-refractivity contribution in [3.8, 4) is 5.75 Å². The number of nitrogens with one attached hydrogen (secondary N) is 2. The van der Waals surface area contributed by atoms with Gasteiger partial charge < -0.3 is 10.1 Å². The Morgan fingerprint density at radius 1 is 1.14 bits per heavy atom. The molecule has 0 unspecified atom stereocenters. The summed E-state index contributed by atoms with van der Waals surface area (Å²) in [6.07, 6.45) is 3.78. The van der Waals surface area contributed by atoms with Crippen LogP contribution in [0.25, 0.3) is 0 Å². The zero-order valence-corrected chi connectivity index (χ0v) is 17.3. The monoisotopic (exact) mass is 420 g/mol. The number of para-hydroxylation sites is 2. The fraction of sp³-hybridized carbons (Fsp3) is 0.381. The van der Waals surface area contributed by atoms with Gasteiger partial charge in [-0.15, -0.1) is 0 Å². The van der Waals surface area contributed by atoms with E-state index in [0.29, 0.717) is 11.4 Å². The van der Waals surface area contributed by atoms with Gasteiger partial charge in [-0.25, -0.2) is 17.5 Å². The van der Waals surface area contributed by atoms with Crippen LogP contribution in [0.1, 0.15) is 43.0 Å². The number of halogens is 1. The molecule has 2 aromatic carbocycles. The van der Waals surface area contributed by atoms with Gasteiger partial charge in [0.2, 0.25) is 10.0 Å². The number of amides is 1. The number of carbonyl (C=O) groups is 1. The van der Waals surface area contributed by atoms with E-state index in [1.807, 2.05) is 6.92 Å². The van der Waals surface area contributed by atoms with Crippen LogP contribution in [-0.4, -0.2) is 27.5 Å². The Bertz CT molecular complexity index is 994. The number of methoxy groups -OCH3 is 1. The Kier molecular flexibility index (Phi) is 6.54. The molecule has 1 saturated carbocycles. The predicted octanol–water partition coefficient (Wildman–Crippen LogP) is 3.94. The van der Waals surface area contributed by atoms with Crippen LogP contribution in [0.15, 0.2) is 47.4 Å². The minimum Gasteiger partial charge on any atom is -0.495 e. The first-order chi connectivity index (χ1) is 13.8. The van der Waals surface area contributed by atoms with Crippen molar-refractivity contribution in [2.24, 2.45) is 5.92 Å². The van der Waals surface area contributed by atoms with Crippen LogP contribution in [0.3, 0.4) is 0 Å². The summed E-state index contributed by atoms with van der Waals surface area (Å²) in [6, 6.07) is 9.77. The van der Waals surface area contributed by atoms with Crippen LogP contribution >= 0.6 is 0 Å². The normalized spacial score (nSPS) is 19.6. The highest BCUT2D eigenvalue weighted by Crippen LogP contribution is 2.27. The van der Waals surface area contributed by atoms with Crippen LogP contribution in [0, 0.1) is 11.7 Å². The summed E-state index contributed by atoms with van der Waals surface area (Å²) >= 11 is 0. The third-order valence-corrected chi connectivity index (χ3v) is 6.75. The van der Waals surface area contributed by atoms with Gasteiger partial charge in [0.15, 0.2) is 0 Å². The van der Waals surface area contributed by atoms with Crippen molar-refractivity contribution in [2.75, 3.05) is 12.4 Å². The first kappa shape index (κ1) is 21.3. The SMILES string of the molecule is COc1ccccc1NC(=O)c1cc(S(=O)(=O)N[C@@H]2CCCC[C@H]2C)ccc1F. The molecule has 2 N–H and O–H groups in total. The summed E-state index contributed by atoms with van der Waals surface area (Å²) in [7, 11) is -2.42. The molecule has 0 aromatic heterocycles. The Morgan fingerprint density at radius 3 is 2.59 bits per heavy atom. The molecule has 0 radical (unpaired) electrons. The van der Waals surface area contributed by atoms with E-state index >= 15 is 0 Å². The van der Waals surface area contributed by atoms with Crippen molar-refractivity contribution in [3.05, 3.63) is 53.8 Å². The second-order valence-electron chi connectivity index (χ2n) is 7.29. The van der Waals surface area contributed by atoms with Crippen LogP contribution in [-0.2, 0) is 10.0 Å². The number of hydrogen-bond donors (Lipinski definition) is 2. The summed E-state index contributed by atoms with van der Waals surface area (Å²) < 4.78 is 47.8. The summed E-state index contributed by atoms with van der Waals surface area (Å²) in [5.41, 5.74) is 0.0114. The molecule has 3 rings (SSSR count). The first-order valence-electron chi connectivity index (χ1n) is 9.58. The van der Waals surface area contributed by atoms with E-state index in [1.165, 1.54) is 13.2 Å². The van der Waals surface area contributed by atoms with Crippen molar-refractivity contribution >= 4 is 21.6 Å². The number of benzene rings is 2. The summed E-state index contributed by atoms with van der Waals surface area (Å²) in [5.74, 6) is -0.914. The fourth-order valence-corrected chi connectivity index (χ4v) is 4.95. The van der Waals surface area contributed by atoms with Crippen molar-refractivity contribution in [1.29, 1.82) is 0 Å². The Labute approximate surface area is 170 Å². The molecule has 0 saturated heterocycles. The molecule has 2 aromatic rings. The average molecular weight is 421 g/mol. The quantitative estimate of drug-likeness (QED) is 0.741. The van der Waals surface area contributed by atoms with Gasteiger partial charge in [0.1, 0.15) is 11.6 Å². The fourth-order valence-electron chi connectivity index (χ4n) is 3.54. The summed E-state index contributed by atoms with van der Waals surface area (Å²) in [5, 5.41) is 2.57. The highest BCUT2D eigenvalue weighted by Gasteiger charge is 2.28. The van der Waals surface area contributed by atoms with Crippen LogP contribution in [0.4, 0.5) is 10.1 Å². The van der Waals surface area contributed by atoms with E-state index in [-0.39, 0.29) is 22.4 Å². The topological polar surface area (TPSA) is 84.5 Å². The van der Waals surface area contributed by atoms with E-state index < -0.39 is 21.7 Å². The number of ether oxygens (including phenoxy) is 1. The highest BCUT2D eigenvalue weighted by atomic mass is 32.2. The van der Waals surface area contributed by atoms with Gasteiger partial charge in [-0.3, -0.25) is 4.79 Å². The maximum atomic E-state index is 14.3. The van der Waals surface area contributed by atoms with E-state index in [9.17, 15) is 17.6 Å². The van der Waals surface area contributed by atoms with Crippen LogP contribution < -0.4 is 14.8 Å². The summed E-state index contributed by atoms with van der Waals surface area (Å²) in [4.78, 5) is 12.5. The number of carbonyl (C=O) groups excluding carboxylic acids is 1. The molecule has 0 spiro atoms. The van der Waals surface area contributed by atoms with E-state index in [2.05, 4.69) is 10.0 Å². The molecule has 1 aliphatic carbocycles. The van der Waals surface area contributed by atoms with Crippen molar-refractivity contribution in [1.82, 2.24) is 4.72 Å². The average Bonchev–Trinajstić information content (AvgIpc) is 2.70. The molecule has 0 aliphatic heterocycles. The molecule has 2 atom stereocenters. The third kappa shape index (κ3) is 4.94. The molecule has 29 heavy (non-hydrogen) atoms. The minimum absolute atomic E-state index is 0.137. The van der Waals surface area contributed by atoms with Gasteiger partial charge in [0, 0.05) is 6.04 Å². The van der Waals surface area contributed by atoms with E-state index in [4.69, 9.17) is 4.74 Å². The molecule has 6 nitrogen and oxygen atoms in total. The van der Waals surface area contributed by atoms with E-state index in [1.54, 1.807) is 24.3 Å². The molecule has 8 heteroatoms. The molecule has 0 bridgehead atoms. The molecule has 1 fully saturated rings. The van der Waals surface area contributed by atoms with Gasteiger partial charge in [-0.2, -0.15) is 0 Å². The second kappa shape index (κ2) is 8.92. The van der Waals surface area contributed by atoms with Gasteiger partial charge in [-0.1, -0.05) is 31.9 Å². The van der Waals surface area contributed by atoms with Gasteiger partial charge >= 0.3 is 0 Å².